The lowest BCUT2D eigenvalue weighted by Gasteiger charge is -2.22. The van der Waals surface area contributed by atoms with E-state index in [4.69, 9.17) is 9.47 Å². The molecule has 0 aliphatic rings. The summed E-state index contributed by atoms with van der Waals surface area (Å²) in [6, 6.07) is 14.7. The minimum absolute atomic E-state index is 0.100. The fourth-order valence-electron chi connectivity index (χ4n) is 3.63. The molecule has 5 nitrogen and oxygen atoms in total. The smallest absolute Gasteiger partial charge is 0.311 e. The van der Waals surface area contributed by atoms with Gasteiger partial charge in [0, 0.05) is 11.1 Å². The highest BCUT2D eigenvalue weighted by molar-refractivity contribution is 6.09. The monoisotopic (exact) mass is 438 g/mol. The average molecular weight is 439 g/mol. The molecular weight excluding hydrogens is 404 g/mol. The van der Waals surface area contributed by atoms with Gasteiger partial charge in [0.05, 0.1) is 24.0 Å². The highest BCUT2D eigenvalue weighted by Gasteiger charge is 2.30. The molecule has 2 aromatic rings. The Labute approximate surface area is 191 Å². The minimum atomic E-state index is -0.684. The molecule has 2 rings (SSSR count). The summed E-state index contributed by atoms with van der Waals surface area (Å²) in [6.07, 6.45) is 0.946. The maximum absolute atomic E-state index is 13.2. The van der Waals surface area contributed by atoms with E-state index in [1.165, 1.54) is 0 Å². The van der Waals surface area contributed by atoms with Crippen LogP contribution in [0.3, 0.4) is 0 Å². The van der Waals surface area contributed by atoms with Crippen molar-refractivity contribution in [1.82, 2.24) is 0 Å². The Balaban J connectivity index is 2.22. The van der Waals surface area contributed by atoms with Crippen LogP contribution < -0.4 is 0 Å². The van der Waals surface area contributed by atoms with Crippen molar-refractivity contribution in [1.29, 1.82) is 0 Å². The van der Waals surface area contributed by atoms with Crippen molar-refractivity contribution in [3.63, 3.8) is 0 Å². The second-order valence-corrected chi connectivity index (χ2v) is 9.29. The third-order valence-corrected chi connectivity index (χ3v) is 5.33. The summed E-state index contributed by atoms with van der Waals surface area (Å²) >= 11 is 0. The Hall–Kier alpha value is -2.95. The summed E-state index contributed by atoms with van der Waals surface area (Å²) in [5.74, 6) is -0.612. The zero-order valence-electron chi connectivity index (χ0n) is 20.0. The zero-order chi connectivity index (χ0) is 23.9. The van der Waals surface area contributed by atoms with E-state index in [1.54, 1.807) is 26.0 Å². The van der Waals surface area contributed by atoms with Gasteiger partial charge in [-0.1, -0.05) is 36.4 Å². The molecular formula is C27H34O5. The van der Waals surface area contributed by atoms with Crippen LogP contribution in [0, 0.1) is 10.8 Å². The summed E-state index contributed by atoms with van der Waals surface area (Å²) in [5, 5.41) is 0. The van der Waals surface area contributed by atoms with Gasteiger partial charge in [0.15, 0.2) is 5.78 Å². The molecule has 0 saturated carbocycles. The van der Waals surface area contributed by atoms with Gasteiger partial charge in [0.1, 0.15) is 0 Å². The number of hydrogen-bond acceptors (Lipinski definition) is 5. The Morgan fingerprint density at radius 1 is 0.688 bits per heavy atom. The second-order valence-electron chi connectivity index (χ2n) is 9.29. The number of esters is 2. The molecule has 2 aromatic carbocycles. The second kappa shape index (κ2) is 10.6. The molecule has 0 atom stereocenters. The highest BCUT2D eigenvalue weighted by Crippen LogP contribution is 2.26. The molecule has 32 heavy (non-hydrogen) atoms. The van der Waals surface area contributed by atoms with E-state index in [2.05, 4.69) is 0 Å². The number of ether oxygens (including phenoxy) is 2. The minimum Gasteiger partial charge on any atom is -0.466 e. The molecule has 0 spiro atoms. The highest BCUT2D eigenvalue weighted by atomic mass is 16.5. The van der Waals surface area contributed by atoms with Crippen LogP contribution in [-0.4, -0.2) is 30.9 Å². The quantitative estimate of drug-likeness (QED) is 0.378. The number of carbonyl (C=O) groups is 3. The normalized spacial score (nSPS) is 11.7. The van der Waals surface area contributed by atoms with E-state index in [0.717, 1.165) is 11.1 Å². The van der Waals surface area contributed by atoms with Gasteiger partial charge in [-0.3, -0.25) is 14.4 Å². The number of benzene rings is 2. The van der Waals surface area contributed by atoms with Gasteiger partial charge in [0.2, 0.25) is 0 Å². The van der Waals surface area contributed by atoms with Crippen molar-refractivity contribution in [2.24, 2.45) is 10.8 Å². The summed E-state index contributed by atoms with van der Waals surface area (Å²) < 4.78 is 10.3. The molecule has 5 heteroatoms. The molecule has 0 radical (unpaired) electrons. The lowest BCUT2D eigenvalue weighted by Crippen LogP contribution is -2.29. The van der Waals surface area contributed by atoms with Gasteiger partial charge in [0.25, 0.3) is 0 Å². The van der Waals surface area contributed by atoms with Crippen molar-refractivity contribution in [2.75, 3.05) is 13.2 Å². The van der Waals surface area contributed by atoms with E-state index in [1.807, 2.05) is 64.1 Å². The van der Waals surface area contributed by atoms with E-state index >= 15 is 0 Å². The molecule has 0 aliphatic carbocycles. The first kappa shape index (κ1) is 25.3. The Morgan fingerprint density at radius 2 is 1.06 bits per heavy atom. The molecule has 0 fully saturated rings. The van der Waals surface area contributed by atoms with Gasteiger partial charge in [-0.15, -0.1) is 0 Å². The van der Waals surface area contributed by atoms with Gasteiger partial charge in [-0.05, 0) is 77.6 Å². The predicted octanol–water partition coefficient (Wildman–Crippen LogP) is 5.18. The predicted molar refractivity (Wildman–Crippen MR) is 125 cm³/mol. The molecule has 0 saturated heterocycles. The van der Waals surface area contributed by atoms with Crippen molar-refractivity contribution in [2.45, 2.75) is 54.4 Å². The lowest BCUT2D eigenvalue weighted by atomic mass is 9.84. The van der Waals surface area contributed by atoms with E-state index in [-0.39, 0.29) is 17.7 Å². The first-order valence-electron chi connectivity index (χ1n) is 11.1. The Bertz CT molecular complexity index is 894. The number of ketones is 1. The first-order valence-corrected chi connectivity index (χ1v) is 11.1. The number of hydrogen-bond donors (Lipinski definition) is 0. The molecule has 0 bridgehead atoms. The maximum Gasteiger partial charge on any atom is 0.311 e. The molecule has 0 heterocycles. The SMILES string of the molecule is CCOC(=O)C(C)(C)Cc1cccc(C(=O)c2cccc(CC(C)(C)C(=O)OCC)c2)c1. The molecule has 0 unspecified atom stereocenters. The number of carbonyl (C=O) groups excluding carboxylic acids is 3. The van der Waals surface area contributed by atoms with Crippen LogP contribution in [0.15, 0.2) is 48.5 Å². The van der Waals surface area contributed by atoms with Crippen LogP contribution in [0.25, 0.3) is 0 Å². The summed E-state index contributed by atoms with van der Waals surface area (Å²) in [5.41, 5.74) is 1.54. The topological polar surface area (TPSA) is 69.7 Å². The van der Waals surface area contributed by atoms with Crippen LogP contribution in [0.4, 0.5) is 0 Å². The summed E-state index contributed by atoms with van der Waals surface area (Å²) in [4.78, 5) is 37.6. The van der Waals surface area contributed by atoms with Gasteiger partial charge in [-0.2, -0.15) is 0 Å². The van der Waals surface area contributed by atoms with Crippen LogP contribution in [0.1, 0.15) is 68.6 Å². The van der Waals surface area contributed by atoms with Crippen LogP contribution >= 0.6 is 0 Å². The fraction of sp³-hybridized carbons (Fsp3) is 0.444. The van der Waals surface area contributed by atoms with E-state index < -0.39 is 10.8 Å². The Kier molecular flexibility index (Phi) is 8.37. The van der Waals surface area contributed by atoms with E-state index in [9.17, 15) is 14.4 Å². The molecule has 0 aliphatic heterocycles. The fourth-order valence-corrected chi connectivity index (χ4v) is 3.63. The molecule has 0 aromatic heterocycles. The van der Waals surface area contributed by atoms with Crippen LogP contribution in [-0.2, 0) is 31.9 Å². The average Bonchev–Trinajstić information content (AvgIpc) is 2.73. The summed E-state index contributed by atoms with van der Waals surface area (Å²) in [7, 11) is 0. The van der Waals surface area contributed by atoms with Crippen LogP contribution in [0.2, 0.25) is 0 Å². The van der Waals surface area contributed by atoms with Gasteiger partial charge >= 0.3 is 11.9 Å². The standard InChI is InChI=1S/C27H34O5/c1-7-31-24(29)26(3,4)17-19-11-9-13-21(15-19)23(28)22-14-10-12-20(16-22)18-27(5,6)25(30)32-8-2/h9-16H,7-8,17-18H2,1-6H3. The summed E-state index contributed by atoms with van der Waals surface area (Å²) in [6.45, 7) is 11.6. The number of rotatable bonds is 10. The van der Waals surface area contributed by atoms with Gasteiger partial charge < -0.3 is 9.47 Å². The van der Waals surface area contributed by atoms with Crippen LogP contribution in [0.5, 0.6) is 0 Å². The third kappa shape index (κ3) is 6.52. The lowest BCUT2D eigenvalue weighted by molar-refractivity contribution is -0.154. The van der Waals surface area contributed by atoms with Crippen molar-refractivity contribution in [3.05, 3.63) is 70.8 Å². The third-order valence-electron chi connectivity index (χ3n) is 5.33. The largest absolute Gasteiger partial charge is 0.466 e. The van der Waals surface area contributed by atoms with Crippen molar-refractivity contribution < 1.29 is 23.9 Å². The first-order chi connectivity index (χ1) is 15.0. The van der Waals surface area contributed by atoms with Gasteiger partial charge in [-0.25, -0.2) is 0 Å². The maximum atomic E-state index is 13.2. The molecule has 172 valence electrons. The Morgan fingerprint density at radius 3 is 1.41 bits per heavy atom. The van der Waals surface area contributed by atoms with Crippen molar-refractivity contribution >= 4 is 17.7 Å². The van der Waals surface area contributed by atoms with E-state index in [0.29, 0.717) is 37.2 Å². The molecule has 0 amide bonds. The molecule has 0 N–H and O–H groups in total. The zero-order valence-corrected chi connectivity index (χ0v) is 20.0. The van der Waals surface area contributed by atoms with Crippen molar-refractivity contribution in [3.8, 4) is 0 Å².